The van der Waals surface area contributed by atoms with E-state index in [2.05, 4.69) is 21.2 Å². The molecule has 1 aliphatic rings. The Morgan fingerprint density at radius 3 is 2.72 bits per heavy atom. The molecule has 0 unspecified atom stereocenters. The van der Waals surface area contributed by atoms with Crippen molar-refractivity contribution in [2.24, 2.45) is 0 Å². The van der Waals surface area contributed by atoms with Crippen LogP contribution in [0.15, 0.2) is 14.1 Å². The van der Waals surface area contributed by atoms with Crippen molar-refractivity contribution in [2.45, 2.75) is 24.1 Å². The Hall–Kier alpha value is 0.340. The van der Waals surface area contributed by atoms with Crippen LogP contribution in [0.4, 0.5) is 0 Å². The first kappa shape index (κ1) is 16.4. The molecule has 0 saturated carbocycles. The zero-order valence-electron chi connectivity index (χ0n) is 10.1. The summed E-state index contributed by atoms with van der Waals surface area (Å²) in [6.07, 6.45) is 0. The second kappa shape index (κ2) is 6.19. The second-order valence-electron chi connectivity index (χ2n) is 4.19. The molecule has 2 heterocycles. The number of thiophene rings is 1. The van der Waals surface area contributed by atoms with Crippen molar-refractivity contribution in [1.82, 2.24) is 9.62 Å². The van der Waals surface area contributed by atoms with E-state index in [-0.39, 0.29) is 18.4 Å². The molecule has 1 saturated heterocycles. The quantitative estimate of drug-likeness (QED) is 0.862. The summed E-state index contributed by atoms with van der Waals surface area (Å²) >= 11 is 4.65. The fourth-order valence-electron chi connectivity index (χ4n) is 1.85. The van der Waals surface area contributed by atoms with Gasteiger partial charge in [-0.2, -0.15) is 4.31 Å². The highest BCUT2D eigenvalue weighted by Crippen LogP contribution is 2.33. The average Bonchev–Trinajstić information content (AvgIpc) is 2.60. The average molecular weight is 376 g/mol. The van der Waals surface area contributed by atoms with E-state index < -0.39 is 10.0 Å². The molecule has 0 bridgehead atoms. The number of rotatable bonds is 2. The highest BCUT2D eigenvalue weighted by molar-refractivity contribution is 9.11. The van der Waals surface area contributed by atoms with Gasteiger partial charge in [-0.15, -0.1) is 23.7 Å². The lowest BCUT2D eigenvalue weighted by Crippen LogP contribution is -2.51. The molecule has 4 nitrogen and oxygen atoms in total. The van der Waals surface area contributed by atoms with Crippen LogP contribution in [0.25, 0.3) is 0 Å². The van der Waals surface area contributed by atoms with Gasteiger partial charge in [0, 0.05) is 25.7 Å². The van der Waals surface area contributed by atoms with Gasteiger partial charge >= 0.3 is 0 Å². The fourth-order valence-corrected chi connectivity index (χ4v) is 5.84. The number of aryl methyl sites for hydroxylation is 1. The van der Waals surface area contributed by atoms with Crippen LogP contribution in [0, 0.1) is 6.92 Å². The van der Waals surface area contributed by atoms with Crippen LogP contribution in [-0.4, -0.2) is 38.4 Å². The number of piperazine rings is 1. The normalized spacial score (nSPS) is 21.6. The number of nitrogens with zero attached hydrogens (tertiary/aromatic N) is 1. The highest BCUT2D eigenvalue weighted by Gasteiger charge is 2.32. The van der Waals surface area contributed by atoms with Gasteiger partial charge < -0.3 is 5.32 Å². The fraction of sp³-hybridized carbons (Fsp3) is 0.600. The van der Waals surface area contributed by atoms with E-state index in [9.17, 15) is 8.42 Å². The monoisotopic (exact) mass is 374 g/mol. The zero-order chi connectivity index (χ0) is 12.6. The molecule has 0 amide bonds. The molecule has 1 aromatic rings. The molecule has 0 radical (unpaired) electrons. The highest BCUT2D eigenvalue weighted by atomic mass is 79.9. The Balaban J connectivity index is 0.00000162. The van der Waals surface area contributed by atoms with E-state index in [0.29, 0.717) is 17.3 Å². The molecule has 1 aromatic heterocycles. The van der Waals surface area contributed by atoms with E-state index in [1.807, 2.05) is 13.8 Å². The minimum atomic E-state index is -3.33. The maximum absolute atomic E-state index is 12.5. The van der Waals surface area contributed by atoms with Crippen LogP contribution in [0.2, 0.25) is 0 Å². The van der Waals surface area contributed by atoms with Gasteiger partial charge in [0.1, 0.15) is 4.21 Å². The maximum atomic E-state index is 12.5. The molecule has 104 valence electrons. The van der Waals surface area contributed by atoms with Gasteiger partial charge in [0.25, 0.3) is 10.0 Å². The summed E-state index contributed by atoms with van der Waals surface area (Å²) in [6, 6.07) is 1.74. The first-order valence-electron chi connectivity index (χ1n) is 5.41. The molecule has 1 aliphatic heterocycles. The molecule has 0 spiro atoms. The minimum absolute atomic E-state index is 0. The molecule has 1 fully saturated rings. The lowest BCUT2D eigenvalue weighted by molar-refractivity contribution is 0.284. The van der Waals surface area contributed by atoms with E-state index in [4.69, 9.17) is 0 Å². The van der Waals surface area contributed by atoms with Crippen molar-refractivity contribution in [1.29, 1.82) is 0 Å². The van der Waals surface area contributed by atoms with E-state index in [1.165, 1.54) is 11.3 Å². The molecule has 1 atom stereocenters. The molecule has 18 heavy (non-hydrogen) atoms. The van der Waals surface area contributed by atoms with Crippen LogP contribution < -0.4 is 5.32 Å². The summed E-state index contributed by atoms with van der Waals surface area (Å²) in [5.41, 5.74) is 0.969. The number of sulfonamides is 1. The largest absolute Gasteiger partial charge is 0.314 e. The summed E-state index contributed by atoms with van der Waals surface area (Å²) in [6.45, 7) is 5.80. The van der Waals surface area contributed by atoms with Gasteiger partial charge in [-0.1, -0.05) is 0 Å². The van der Waals surface area contributed by atoms with Gasteiger partial charge in [0.2, 0.25) is 0 Å². The van der Waals surface area contributed by atoms with Gasteiger partial charge in [0.15, 0.2) is 0 Å². The van der Waals surface area contributed by atoms with Crippen molar-refractivity contribution in [3.8, 4) is 0 Å². The number of nitrogens with one attached hydrogen (secondary N) is 1. The Morgan fingerprint density at radius 2 is 2.22 bits per heavy atom. The van der Waals surface area contributed by atoms with Crippen molar-refractivity contribution < 1.29 is 8.42 Å². The summed E-state index contributed by atoms with van der Waals surface area (Å²) in [7, 11) is -3.33. The Morgan fingerprint density at radius 1 is 1.56 bits per heavy atom. The SMILES string of the molecule is Cc1cc(S(=O)(=O)N2CCNC[C@@H]2C)sc1Br.Cl. The third kappa shape index (κ3) is 3.08. The second-order valence-corrected chi connectivity index (χ2v) is 8.68. The van der Waals surface area contributed by atoms with Crippen LogP contribution in [0.5, 0.6) is 0 Å². The third-order valence-electron chi connectivity index (χ3n) is 2.84. The molecule has 2 rings (SSSR count). The van der Waals surface area contributed by atoms with Crippen molar-refractivity contribution in [3.63, 3.8) is 0 Å². The van der Waals surface area contributed by atoms with Crippen LogP contribution in [0.1, 0.15) is 12.5 Å². The van der Waals surface area contributed by atoms with E-state index >= 15 is 0 Å². The lowest BCUT2D eigenvalue weighted by Gasteiger charge is -2.32. The maximum Gasteiger partial charge on any atom is 0.252 e. The molecule has 8 heteroatoms. The smallest absolute Gasteiger partial charge is 0.252 e. The van der Waals surface area contributed by atoms with Gasteiger partial charge in [-0.25, -0.2) is 8.42 Å². The molecule has 0 aromatic carbocycles. The van der Waals surface area contributed by atoms with Crippen molar-refractivity contribution in [2.75, 3.05) is 19.6 Å². The van der Waals surface area contributed by atoms with Gasteiger partial charge in [-0.3, -0.25) is 0 Å². The number of hydrogen-bond donors (Lipinski definition) is 1. The summed E-state index contributed by atoms with van der Waals surface area (Å²) in [4.78, 5) is 0. The zero-order valence-corrected chi connectivity index (χ0v) is 14.2. The number of hydrogen-bond acceptors (Lipinski definition) is 4. The lowest BCUT2D eigenvalue weighted by atomic mass is 10.3. The van der Waals surface area contributed by atoms with Crippen molar-refractivity contribution in [3.05, 3.63) is 15.4 Å². The Labute approximate surface area is 126 Å². The molecular formula is C10H16BrClN2O2S2. The Bertz CT molecular complexity index is 498. The summed E-state index contributed by atoms with van der Waals surface area (Å²) < 4.78 is 27.8. The third-order valence-corrected chi connectivity index (χ3v) is 7.44. The van der Waals surface area contributed by atoms with Gasteiger partial charge in [0.05, 0.1) is 3.79 Å². The van der Waals surface area contributed by atoms with Gasteiger partial charge in [-0.05, 0) is 41.4 Å². The summed E-state index contributed by atoms with van der Waals surface area (Å²) in [5.74, 6) is 0. The number of halogens is 2. The summed E-state index contributed by atoms with van der Waals surface area (Å²) in [5, 5.41) is 3.19. The first-order valence-corrected chi connectivity index (χ1v) is 8.46. The van der Waals surface area contributed by atoms with Crippen LogP contribution in [0.3, 0.4) is 0 Å². The predicted octanol–water partition coefficient (Wildman–Crippen LogP) is 2.22. The minimum Gasteiger partial charge on any atom is -0.314 e. The molecular weight excluding hydrogens is 360 g/mol. The first-order chi connectivity index (χ1) is 7.93. The molecule has 1 N–H and O–H groups in total. The van der Waals surface area contributed by atoms with E-state index in [0.717, 1.165) is 15.9 Å². The molecule has 0 aliphatic carbocycles. The Kier molecular flexibility index (Phi) is 5.64. The van der Waals surface area contributed by atoms with Crippen molar-refractivity contribution >= 4 is 49.7 Å². The van der Waals surface area contributed by atoms with E-state index in [1.54, 1.807) is 10.4 Å². The van der Waals surface area contributed by atoms with Crippen LogP contribution in [-0.2, 0) is 10.0 Å². The predicted molar refractivity (Wildman–Crippen MR) is 80.2 cm³/mol. The van der Waals surface area contributed by atoms with Crippen LogP contribution >= 0.6 is 39.7 Å². The topological polar surface area (TPSA) is 49.4 Å². The standard InChI is InChI=1S/C10H15BrN2O2S2.ClH/c1-7-5-9(16-10(7)11)17(14,15)13-4-3-12-6-8(13)2;/h5,8,12H,3-4,6H2,1-2H3;1H/t8-;/m0./s1.